The molecule has 0 unspecified atom stereocenters. The maximum atomic E-state index is 12.1. The van der Waals surface area contributed by atoms with Gasteiger partial charge < -0.3 is 15.2 Å². The van der Waals surface area contributed by atoms with Gasteiger partial charge in [0, 0.05) is 12.3 Å². The molecule has 0 saturated carbocycles. The topological polar surface area (TPSA) is 88.5 Å². The smallest absolute Gasteiger partial charge is 0.330 e. The number of nitrogens with one attached hydrogen (secondary N) is 1. The van der Waals surface area contributed by atoms with E-state index in [-0.39, 0.29) is 5.56 Å². The lowest BCUT2D eigenvalue weighted by Gasteiger charge is -2.14. The number of nitrogens with zero attached hydrogens (tertiary/aromatic N) is 1. The molecule has 1 aromatic heterocycles. The van der Waals surface area contributed by atoms with Gasteiger partial charge in [-0.1, -0.05) is 30.3 Å². The zero-order valence-electron chi connectivity index (χ0n) is 11.3. The number of carboxylic acid groups (broad SMARTS) is 1. The molecule has 0 saturated heterocycles. The molecule has 0 spiro atoms. The molecule has 0 fully saturated rings. The third-order valence-corrected chi connectivity index (χ3v) is 2.86. The molecule has 0 aliphatic rings. The second kappa shape index (κ2) is 6.51. The minimum absolute atomic E-state index is 0.262. The van der Waals surface area contributed by atoms with Crippen LogP contribution in [0.4, 0.5) is 0 Å². The predicted molar refractivity (Wildman–Crippen MR) is 75.1 cm³/mol. The van der Waals surface area contributed by atoms with E-state index in [1.165, 1.54) is 25.4 Å². The molecule has 1 atom stereocenters. The molecule has 0 bridgehead atoms. The fourth-order valence-electron chi connectivity index (χ4n) is 1.78. The van der Waals surface area contributed by atoms with E-state index < -0.39 is 17.9 Å². The Morgan fingerprint density at radius 2 is 1.90 bits per heavy atom. The summed E-state index contributed by atoms with van der Waals surface area (Å²) in [4.78, 5) is 27.3. The number of hydrogen-bond acceptors (Lipinski definition) is 4. The molecule has 2 aromatic rings. The first kappa shape index (κ1) is 14.5. The van der Waals surface area contributed by atoms with Crippen LogP contribution < -0.4 is 10.1 Å². The Bertz CT molecular complexity index is 626. The molecule has 6 nitrogen and oxygen atoms in total. The molecule has 2 rings (SSSR count). The number of ether oxygens (including phenoxy) is 1. The van der Waals surface area contributed by atoms with Crippen molar-refractivity contribution in [2.75, 3.05) is 7.11 Å². The Balaban J connectivity index is 2.16. The number of aromatic nitrogens is 1. The minimum atomic E-state index is -1.13. The number of amides is 1. The summed E-state index contributed by atoms with van der Waals surface area (Å²) in [5, 5.41) is 11.7. The Kier molecular flexibility index (Phi) is 4.50. The van der Waals surface area contributed by atoms with Gasteiger partial charge >= 0.3 is 5.97 Å². The van der Waals surface area contributed by atoms with Crippen LogP contribution in [0.25, 0.3) is 0 Å². The van der Waals surface area contributed by atoms with Crippen molar-refractivity contribution in [3.63, 3.8) is 0 Å². The van der Waals surface area contributed by atoms with E-state index in [1.54, 1.807) is 30.3 Å². The van der Waals surface area contributed by atoms with Crippen LogP contribution in [0.2, 0.25) is 0 Å². The largest absolute Gasteiger partial charge is 0.481 e. The fourth-order valence-corrected chi connectivity index (χ4v) is 1.78. The molecule has 1 heterocycles. The van der Waals surface area contributed by atoms with Crippen molar-refractivity contribution in [1.82, 2.24) is 10.3 Å². The van der Waals surface area contributed by atoms with Gasteiger partial charge in [0.15, 0.2) is 6.04 Å². The van der Waals surface area contributed by atoms with E-state index in [4.69, 9.17) is 4.74 Å². The van der Waals surface area contributed by atoms with Gasteiger partial charge in [0.1, 0.15) is 0 Å². The molecule has 1 amide bonds. The van der Waals surface area contributed by atoms with Gasteiger partial charge in [-0.05, 0) is 11.6 Å². The fraction of sp³-hybridized carbons (Fsp3) is 0.133. The Morgan fingerprint density at radius 3 is 2.43 bits per heavy atom. The Labute approximate surface area is 121 Å². The molecule has 0 aliphatic carbocycles. The molecular formula is C15H14N2O4. The van der Waals surface area contributed by atoms with Gasteiger partial charge in [0.2, 0.25) is 5.88 Å². The maximum Gasteiger partial charge on any atom is 0.330 e. The maximum absolute atomic E-state index is 12.1. The highest BCUT2D eigenvalue weighted by atomic mass is 16.5. The van der Waals surface area contributed by atoms with Crippen molar-refractivity contribution < 1.29 is 19.4 Å². The van der Waals surface area contributed by atoms with Crippen LogP contribution in [0.1, 0.15) is 22.0 Å². The number of rotatable bonds is 5. The van der Waals surface area contributed by atoms with E-state index in [2.05, 4.69) is 10.3 Å². The molecule has 6 heteroatoms. The van der Waals surface area contributed by atoms with Gasteiger partial charge in [0.25, 0.3) is 5.91 Å². The zero-order chi connectivity index (χ0) is 15.2. The van der Waals surface area contributed by atoms with Crippen LogP contribution in [-0.4, -0.2) is 29.1 Å². The van der Waals surface area contributed by atoms with E-state index in [9.17, 15) is 14.7 Å². The quantitative estimate of drug-likeness (QED) is 0.872. The van der Waals surface area contributed by atoms with Crippen LogP contribution in [0, 0.1) is 0 Å². The normalized spacial score (nSPS) is 11.5. The third kappa shape index (κ3) is 3.56. The molecule has 108 valence electrons. The van der Waals surface area contributed by atoms with Crippen LogP contribution >= 0.6 is 0 Å². The number of carboxylic acids is 1. The van der Waals surface area contributed by atoms with Gasteiger partial charge in [-0.2, -0.15) is 0 Å². The lowest BCUT2D eigenvalue weighted by molar-refractivity contribution is -0.139. The van der Waals surface area contributed by atoms with Crippen molar-refractivity contribution >= 4 is 11.9 Å². The van der Waals surface area contributed by atoms with Crippen molar-refractivity contribution in [2.45, 2.75) is 6.04 Å². The molecule has 0 aliphatic heterocycles. The summed E-state index contributed by atoms with van der Waals surface area (Å²) >= 11 is 0. The third-order valence-electron chi connectivity index (χ3n) is 2.86. The van der Waals surface area contributed by atoms with Crippen molar-refractivity contribution in [3.8, 4) is 5.88 Å². The van der Waals surface area contributed by atoms with Crippen LogP contribution in [-0.2, 0) is 4.79 Å². The van der Waals surface area contributed by atoms with Gasteiger partial charge in [0.05, 0.1) is 12.7 Å². The number of hydrogen-bond donors (Lipinski definition) is 2. The number of aliphatic carboxylic acids is 1. The predicted octanol–water partition coefficient (Wildman–Crippen LogP) is 1.65. The van der Waals surface area contributed by atoms with Crippen molar-refractivity contribution in [3.05, 3.63) is 59.8 Å². The Hall–Kier alpha value is -2.89. The first-order valence-corrected chi connectivity index (χ1v) is 6.20. The Morgan fingerprint density at radius 1 is 1.19 bits per heavy atom. The summed E-state index contributed by atoms with van der Waals surface area (Å²) in [5.74, 6) is -1.26. The lowest BCUT2D eigenvalue weighted by atomic mass is 10.1. The van der Waals surface area contributed by atoms with E-state index in [0.29, 0.717) is 11.4 Å². The molecule has 21 heavy (non-hydrogen) atoms. The summed E-state index contributed by atoms with van der Waals surface area (Å²) in [6.45, 7) is 0. The monoisotopic (exact) mass is 286 g/mol. The summed E-state index contributed by atoms with van der Waals surface area (Å²) in [6, 6.07) is 10.4. The SMILES string of the molecule is COc1ccc(C(=O)N[C@H](C(=O)O)c2ccccc2)cn1. The molecular weight excluding hydrogens is 272 g/mol. The number of methoxy groups -OCH3 is 1. The van der Waals surface area contributed by atoms with E-state index in [1.807, 2.05) is 0 Å². The standard InChI is InChI=1S/C15H14N2O4/c1-21-12-8-7-11(9-16-12)14(18)17-13(15(19)20)10-5-3-2-4-6-10/h2-9,13H,1H3,(H,17,18)(H,19,20)/t13-/m0/s1. The van der Waals surface area contributed by atoms with Crippen molar-refractivity contribution in [2.24, 2.45) is 0 Å². The van der Waals surface area contributed by atoms with Crippen molar-refractivity contribution in [1.29, 1.82) is 0 Å². The number of carbonyl (C=O) groups excluding carboxylic acids is 1. The molecule has 2 N–H and O–H groups in total. The van der Waals surface area contributed by atoms with E-state index >= 15 is 0 Å². The summed E-state index contributed by atoms with van der Waals surface area (Å²) in [6.07, 6.45) is 1.33. The van der Waals surface area contributed by atoms with Crippen LogP contribution in [0.3, 0.4) is 0 Å². The highest BCUT2D eigenvalue weighted by molar-refractivity contribution is 5.96. The average Bonchev–Trinajstić information content (AvgIpc) is 2.53. The summed E-state index contributed by atoms with van der Waals surface area (Å²) in [5.41, 5.74) is 0.762. The van der Waals surface area contributed by atoms with E-state index in [0.717, 1.165) is 0 Å². The minimum Gasteiger partial charge on any atom is -0.481 e. The first-order valence-electron chi connectivity index (χ1n) is 6.20. The van der Waals surface area contributed by atoms with Crippen LogP contribution in [0.15, 0.2) is 48.7 Å². The number of benzene rings is 1. The molecule has 0 radical (unpaired) electrons. The number of pyridine rings is 1. The van der Waals surface area contributed by atoms with Gasteiger partial charge in [-0.15, -0.1) is 0 Å². The summed E-state index contributed by atoms with van der Waals surface area (Å²) in [7, 11) is 1.47. The summed E-state index contributed by atoms with van der Waals surface area (Å²) < 4.78 is 4.90. The lowest BCUT2D eigenvalue weighted by Crippen LogP contribution is -2.33. The first-order chi connectivity index (χ1) is 10.1. The van der Waals surface area contributed by atoms with Crippen LogP contribution in [0.5, 0.6) is 5.88 Å². The highest BCUT2D eigenvalue weighted by Crippen LogP contribution is 2.14. The highest BCUT2D eigenvalue weighted by Gasteiger charge is 2.22. The average molecular weight is 286 g/mol. The second-order valence-electron chi connectivity index (χ2n) is 4.24. The number of carbonyl (C=O) groups is 2. The second-order valence-corrected chi connectivity index (χ2v) is 4.24. The zero-order valence-corrected chi connectivity index (χ0v) is 11.3. The van der Waals surface area contributed by atoms with Gasteiger partial charge in [-0.25, -0.2) is 9.78 Å². The molecule has 1 aromatic carbocycles. The van der Waals surface area contributed by atoms with Gasteiger partial charge in [-0.3, -0.25) is 4.79 Å².